The normalized spacial score (nSPS) is 33.5. The molecule has 0 aliphatic heterocycles. The molecule has 4 unspecified atom stereocenters. The van der Waals surface area contributed by atoms with Gasteiger partial charge in [-0.05, 0) is 57.0 Å². The Kier molecular flexibility index (Phi) is 4.87. The zero-order valence-electron chi connectivity index (χ0n) is 11.9. The van der Waals surface area contributed by atoms with Gasteiger partial charge in [0.2, 0.25) is 0 Å². The van der Waals surface area contributed by atoms with E-state index >= 15 is 0 Å². The molecule has 0 aromatic heterocycles. The van der Waals surface area contributed by atoms with Crippen LogP contribution in [0, 0.1) is 17.8 Å². The van der Waals surface area contributed by atoms with Gasteiger partial charge in [0.1, 0.15) is 0 Å². The summed E-state index contributed by atoms with van der Waals surface area (Å²) in [5.41, 5.74) is 0. The number of rotatable bonds is 7. The molecule has 2 aliphatic rings. The molecule has 0 aromatic carbocycles. The summed E-state index contributed by atoms with van der Waals surface area (Å²) in [6.07, 6.45) is 7.38. The molecule has 0 heterocycles. The van der Waals surface area contributed by atoms with Crippen LogP contribution < -0.4 is 5.32 Å². The van der Waals surface area contributed by atoms with Crippen molar-refractivity contribution >= 4 is 0 Å². The smallest absolute Gasteiger partial charge is 0.0215 e. The third-order valence-electron chi connectivity index (χ3n) is 5.13. The number of nitrogens with one attached hydrogen (secondary N) is 1. The molecule has 2 nitrogen and oxygen atoms in total. The van der Waals surface area contributed by atoms with Crippen LogP contribution in [-0.2, 0) is 0 Å². The first kappa shape index (κ1) is 13.4. The molecule has 0 saturated heterocycles. The van der Waals surface area contributed by atoms with E-state index < -0.39 is 0 Å². The second kappa shape index (κ2) is 6.19. The second-order valence-electron chi connectivity index (χ2n) is 6.24. The van der Waals surface area contributed by atoms with Crippen molar-refractivity contribution in [3.8, 4) is 0 Å². The SMILES string of the molecule is CCNCC(CC)N(C)CC1CC2CCC1C2. The highest BCUT2D eigenvalue weighted by Gasteiger charge is 2.39. The lowest BCUT2D eigenvalue weighted by atomic mass is 9.88. The molecule has 2 aliphatic carbocycles. The molecule has 2 fully saturated rings. The fraction of sp³-hybridized carbons (Fsp3) is 1.00. The van der Waals surface area contributed by atoms with Crippen LogP contribution in [0.25, 0.3) is 0 Å². The van der Waals surface area contributed by atoms with E-state index in [2.05, 4.69) is 31.1 Å². The van der Waals surface area contributed by atoms with Crippen LogP contribution in [0.5, 0.6) is 0 Å². The minimum Gasteiger partial charge on any atom is -0.315 e. The van der Waals surface area contributed by atoms with Crippen LogP contribution in [-0.4, -0.2) is 37.6 Å². The first-order chi connectivity index (χ1) is 8.24. The van der Waals surface area contributed by atoms with E-state index in [1.165, 1.54) is 32.2 Å². The van der Waals surface area contributed by atoms with Crippen LogP contribution in [0.15, 0.2) is 0 Å². The van der Waals surface area contributed by atoms with Crippen LogP contribution >= 0.6 is 0 Å². The molecule has 2 bridgehead atoms. The van der Waals surface area contributed by atoms with Crippen molar-refractivity contribution in [3.63, 3.8) is 0 Å². The Balaban J connectivity index is 1.77. The number of nitrogens with zero attached hydrogens (tertiary/aromatic N) is 1. The van der Waals surface area contributed by atoms with E-state index in [-0.39, 0.29) is 0 Å². The van der Waals surface area contributed by atoms with Gasteiger partial charge in [0.05, 0.1) is 0 Å². The molecule has 0 spiro atoms. The topological polar surface area (TPSA) is 15.3 Å². The molecule has 0 radical (unpaired) electrons. The molecular weight excluding hydrogens is 208 g/mol. The lowest BCUT2D eigenvalue weighted by molar-refractivity contribution is 0.166. The van der Waals surface area contributed by atoms with Crippen molar-refractivity contribution in [2.75, 3.05) is 26.7 Å². The maximum absolute atomic E-state index is 3.50. The lowest BCUT2D eigenvalue weighted by Gasteiger charge is -2.32. The van der Waals surface area contributed by atoms with Crippen molar-refractivity contribution < 1.29 is 0 Å². The van der Waals surface area contributed by atoms with Gasteiger partial charge in [-0.3, -0.25) is 0 Å². The average Bonchev–Trinajstić information content (AvgIpc) is 2.92. The van der Waals surface area contributed by atoms with Gasteiger partial charge in [-0.15, -0.1) is 0 Å². The number of hydrogen-bond donors (Lipinski definition) is 1. The highest BCUT2D eigenvalue weighted by atomic mass is 15.1. The van der Waals surface area contributed by atoms with Gasteiger partial charge in [0.15, 0.2) is 0 Å². The van der Waals surface area contributed by atoms with E-state index in [4.69, 9.17) is 0 Å². The van der Waals surface area contributed by atoms with E-state index in [9.17, 15) is 0 Å². The predicted octanol–water partition coefficient (Wildman–Crippen LogP) is 2.74. The van der Waals surface area contributed by atoms with Gasteiger partial charge in [0, 0.05) is 19.1 Å². The summed E-state index contributed by atoms with van der Waals surface area (Å²) in [5.74, 6) is 3.17. The number of hydrogen-bond acceptors (Lipinski definition) is 2. The highest BCUT2D eigenvalue weighted by Crippen LogP contribution is 2.48. The molecule has 2 heteroatoms. The van der Waals surface area contributed by atoms with Crippen LogP contribution in [0.2, 0.25) is 0 Å². The Morgan fingerprint density at radius 3 is 2.59 bits per heavy atom. The van der Waals surface area contributed by atoms with Gasteiger partial charge in [-0.25, -0.2) is 0 Å². The summed E-state index contributed by atoms with van der Waals surface area (Å²) >= 11 is 0. The zero-order valence-corrected chi connectivity index (χ0v) is 11.9. The van der Waals surface area contributed by atoms with Gasteiger partial charge in [-0.1, -0.05) is 20.3 Å². The molecule has 17 heavy (non-hydrogen) atoms. The predicted molar refractivity (Wildman–Crippen MR) is 74.2 cm³/mol. The summed E-state index contributed by atoms with van der Waals surface area (Å²) in [6, 6.07) is 0.731. The third-order valence-corrected chi connectivity index (χ3v) is 5.13. The van der Waals surface area contributed by atoms with Gasteiger partial charge in [-0.2, -0.15) is 0 Å². The van der Waals surface area contributed by atoms with Crippen molar-refractivity contribution in [2.24, 2.45) is 17.8 Å². The lowest BCUT2D eigenvalue weighted by Crippen LogP contribution is -2.42. The van der Waals surface area contributed by atoms with Crippen molar-refractivity contribution in [2.45, 2.75) is 52.0 Å². The Bertz CT molecular complexity index is 229. The molecule has 100 valence electrons. The molecule has 4 atom stereocenters. The molecule has 2 rings (SSSR count). The summed E-state index contributed by atoms with van der Waals surface area (Å²) in [6.45, 7) is 8.11. The second-order valence-corrected chi connectivity index (χ2v) is 6.24. The fourth-order valence-corrected chi connectivity index (χ4v) is 4.04. The Labute approximate surface area is 107 Å². The van der Waals surface area contributed by atoms with Crippen molar-refractivity contribution in [1.82, 2.24) is 10.2 Å². The van der Waals surface area contributed by atoms with Gasteiger partial charge >= 0.3 is 0 Å². The number of likely N-dealkylation sites (N-methyl/N-ethyl adjacent to an activating group) is 2. The zero-order chi connectivity index (χ0) is 12.3. The van der Waals surface area contributed by atoms with E-state index in [0.717, 1.165) is 36.9 Å². The highest BCUT2D eigenvalue weighted by molar-refractivity contribution is 4.91. The molecule has 2 saturated carbocycles. The minimum atomic E-state index is 0.731. The molecule has 0 aromatic rings. The molecular formula is C15H30N2. The third kappa shape index (κ3) is 3.23. The minimum absolute atomic E-state index is 0.731. The average molecular weight is 238 g/mol. The quantitative estimate of drug-likeness (QED) is 0.733. The standard InChI is InChI=1S/C15H30N2/c1-4-15(10-16-5-2)17(3)11-14-9-12-6-7-13(14)8-12/h12-16H,4-11H2,1-3H3. The van der Waals surface area contributed by atoms with Crippen LogP contribution in [0.1, 0.15) is 46.0 Å². The Morgan fingerprint density at radius 2 is 2.06 bits per heavy atom. The summed E-state index contributed by atoms with van der Waals surface area (Å²) < 4.78 is 0. The van der Waals surface area contributed by atoms with Crippen molar-refractivity contribution in [3.05, 3.63) is 0 Å². The fourth-order valence-electron chi connectivity index (χ4n) is 4.04. The van der Waals surface area contributed by atoms with Crippen molar-refractivity contribution in [1.29, 1.82) is 0 Å². The van der Waals surface area contributed by atoms with Crippen LogP contribution in [0.4, 0.5) is 0 Å². The Morgan fingerprint density at radius 1 is 1.24 bits per heavy atom. The van der Waals surface area contributed by atoms with E-state index in [1.54, 1.807) is 6.42 Å². The largest absolute Gasteiger partial charge is 0.315 e. The van der Waals surface area contributed by atoms with Gasteiger partial charge < -0.3 is 10.2 Å². The van der Waals surface area contributed by atoms with E-state index in [0.29, 0.717) is 0 Å². The van der Waals surface area contributed by atoms with Gasteiger partial charge in [0.25, 0.3) is 0 Å². The maximum Gasteiger partial charge on any atom is 0.0215 e. The van der Waals surface area contributed by atoms with Crippen LogP contribution in [0.3, 0.4) is 0 Å². The molecule has 1 N–H and O–H groups in total. The summed E-state index contributed by atoms with van der Waals surface area (Å²) in [4.78, 5) is 2.62. The first-order valence-corrected chi connectivity index (χ1v) is 7.65. The number of fused-ring (bicyclic) bond motifs is 2. The maximum atomic E-state index is 3.50. The summed E-state index contributed by atoms with van der Waals surface area (Å²) in [5, 5.41) is 3.50. The first-order valence-electron chi connectivity index (χ1n) is 7.65. The monoisotopic (exact) mass is 238 g/mol. The summed E-state index contributed by atoms with van der Waals surface area (Å²) in [7, 11) is 2.33. The van der Waals surface area contributed by atoms with E-state index in [1.807, 2.05) is 0 Å². The Hall–Kier alpha value is -0.0800. The molecule has 0 amide bonds.